The van der Waals surface area contributed by atoms with Crippen LogP contribution in [0.15, 0.2) is 23.7 Å². The Morgan fingerprint density at radius 3 is 3.06 bits per heavy atom. The molecule has 1 atom stereocenters. The number of nitrogens with one attached hydrogen (secondary N) is 2. The Labute approximate surface area is 96.7 Å². The number of amides is 1. The summed E-state index contributed by atoms with van der Waals surface area (Å²) < 4.78 is 0. The van der Waals surface area contributed by atoms with Gasteiger partial charge in [-0.25, -0.2) is 0 Å². The molecule has 6 heteroatoms. The van der Waals surface area contributed by atoms with Crippen molar-refractivity contribution in [3.8, 4) is 0 Å². The van der Waals surface area contributed by atoms with Gasteiger partial charge in [0.15, 0.2) is 0 Å². The zero-order chi connectivity index (χ0) is 11.5. The lowest BCUT2D eigenvalue weighted by molar-refractivity contribution is -0.117. The summed E-state index contributed by atoms with van der Waals surface area (Å²) in [7, 11) is 0. The molecule has 0 fully saturated rings. The highest BCUT2D eigenvalue weighted by atomic mass is 32.1. The highest BCUT2D eigenvalue weighted by Gasteiger charge is 2.17. The molecule has 0 saturated heterocycles. The summed E-state index contributed by atoms with van der Waals surface area (Å²) in [6.45, 7) is 1.86. The molecular weight excluding hydrogens is 224 g/mol. The second-order valence-corrected chi connectivity index (χ2v) is 4.39. The highest BCUT2D eigenvalue weighted by Crippen LogP contribution is 2.18. The first-order valence-electron chi connectivity index (χ1n) is 4.78. The van der Waals surface area contributed by atoms with Gasteiger partial charge in [0, 0.05) is 10.4 Å². The smallest absolute Gasteiger partial charge is 0.247 e. The number of H-pyrrole nitrogens is 1. The molecule has 0 aliphatic rings. The number of hydrogen-bond acceptors (Lipinski definition) is 4. The summed E-state index contributed by atoms with van der Waals surface area (Å²) in [4.78, 5) is 12.6. The van der Waals surface area contributed by atoms with E-state index in [2.05, 4.69) is 15.5 Å². The van der Waals surface area contributed by atoms with Gasteiger partial charge in [0.1, 0.15) is 11.9 Å². The lowest BCUT2D eigenvalue weighted by Gasteiger charge is -2.09. The fraction of sp³-hybridized carbons (Fsp3) is 0.200. The maximum absolute atomic E-state index is 11.8. The van der Waals surface area contributed by atoms with Gasteiger partial charge in [0.25, 0.3) is 0 Å². The van der Waals surface area contributed by atoms with Crippen LogP contribution in [0.4, 0.5) is 5.82 Å². The fourth-order valence-corrected chi connectivity index (χ4v) is 2.00. The summed E-state index contributed by atoms with van der Waals surface area (Å²) in [6.07, 6.45) is 1.65. The molecular formula is C10H12N4OS. The Morgan fingerprint density at radius 2 is 2.50 bits per heavy atom. The van der Waals surface area contributed by atoms with E-state index in [4.69, 9.17) is 5.73 Å². The van der Waals surface area contributed by atoms with Crippen molar-refractivity contribution < 1.29 is 4.79 Å². The quantitative estimate of drug-likeness (QED) is 0.753. The van der Waals surface area contributed by atoms with Crippen molar-refractivity contribution >= 4 is 23.1 Å². The van der Waals surface area contributed by atoms with Crippen molar-refractivity contribution in [3.05, 3.63) is 34.2 Å². The second kappa shape index (κ2) is 4.46. The van der Waals surface area contributed by atoms with Crippen molar-refractivity contribution in [2.45, 2.75) is 13.0 Å². The van der Waals surface area contributed by atoms with Gasteiger partial charge < -0.3 is 11.1 Å². The largest absolute Gasteiger partial charge is 0.316 e. The van der Waals surface area contributed by atoms with E-state index < -0.39 is 6.04 Å². The minimum atomic E-state index is -0.636. The fourth-order valence-electron chi connectivity index (χ4n) is 1.27. The van der Waals surface area contributed by atoms with E-state index in [0.717, 1.165) is 10.4 Å². The van der Waals surface area contributed by atoms with Crippen LogP contribution < -0.4 is 11.1 Å². The summed E-state index contributed by atoms with van der Waals surface area (Å²) in [5, 5.41) is 11.1. The topological polar surface area (TPSA) is 83.8 Å². The molecule has 4 N–H and O–H groups in total. The molecule has 2 rings (SSSR count). The molecule has 2 heterocycles. The number of carbonyl (C=O) groups excluding carboxylic acids is 1. The third-order valence-electron chi connectivity index (χ3n) is 2.21. The SMILES string of the molecule is Cc1cn[nH]c1NC(=O)C(N)c1cccs1. The lowest BCUT2D eigenvalue weighted by atomic mass is 10.2. The van der Waals surface area contributed by atoms with Gasteiger partial charge in [-0.1, -0.05) is 6.07 Å². The molecule has 5 nitrogen and oxygen atoms in total. The maximum Gasteiger partial charge on any atom is 0.247 e. The molecule has 84 valence electrons. The zero-order valence-corrected chi connectivity index (χ0v) is 9.54. The van der Waals surface area contributed by atoms with Crippen LogP contribution in [0.2, 0.25) is 0 Å². The molecule has 0 saturated carbocycles. The Bertz CT molecular complexity index is 477. The second-order valence-electron chi connectivity index (χ2n) is 3.41. The minimum absolute atomic E-state index is 0.241. The molecule has 0 radical (unpaired) electrons. The van der Waals surface area contributed by atoms with E-state index >= 15 is 0 Å². The molecule has 1 amide bonds. The molecule has 2 aromatic rings. The average Bonchev–Trinajstić information content (AvgIpc) is 2.89. The van der Waals surface area contributed by atoms with E-state index in [9.17, 15) is 4.79 Å². The van der Waals surface area contributed by atoms with Gasteiger partial charge in [-0.15, -0.1) is 11.3 Å². The third-order valence-corrected chi connectivity index (χ3v) is 3.16. The van der Waals surface area contributed by atoms with Gasteiger partial charge in [-0.05, 0) is 18.4 Å². The van der Waals surface area contributed by atoms with Crippen LogP contribution in [0.5, 0.6) is 0 Å². The van der Waals surface area contributed by atoms with Gasteiger partial charge in [0.05, 0.1) is 6.20 Å². The summed E-state index contributed by atoms with van der Waals surface area (Å²) in [6, 6.07) is 3.08. The number of aromatic nitrogens is 2. The number of rotatable bonds is 3. The molecule has 0 aliphatic carbocycles. The van der Waals surface area contributed by atoms with Gasteiger partial charge in [0.2, 0.25) is 5.91 Å². The predicted octanol–water partition coefficient (Wildman–Crippen LogP) is 1.42. The third kappa shape index (κ3) is 2.12. The summed E-state index contributed by atoms with van der Waals surface area (Å²) in [5.74, 6) is 0.354. The van der Waals surface area contributed by atoms with Crippen LogP contribution in [0.3, 0.4) is 0 Å². The summed E-state index contributed by atoms with van der Waals surface area (Å²) >= 11 is 1.46. The number of hydrogen-bond donors (Lipinski definition) is 3. The van der Waals surface area contributed by atoms with E-state index in [1.165, 1.54) is 11.3 Å². The van der Waals surface area contributed by atoms with E-state index in [1.807, 2.05) is 24.4 Å². The Balaban J connectivity index is 2.07. The van der Waals surface area contributed by atoms with Gasteiger partial charge >= 0.3 is 0 Å². The van der Waals surface area contributed by atoms with Crippen LogP contribution in [-0.4, -0.2) is 16.1 Å². The highest BCUT2D eigenvalue weighted by molar-refractivity contribution is 7.10. The number of nitrogens with zero attached hydrogens (tertiary/aromatic N) is 1. The van der Waals surface area contributed by atoms with Crippen LogP contribution in [0.1, 0.15) is 16.5 Å². The number of aryl methyl sites for hydroxylation is 1. The predicted molar refractivity (Wildman–Crippen MR) is 63.2 cm³/mol. The Hall–Kier alpha value is -1.66. The number of nitrogens with two attached hydrogens (primary N) is 1. The van der Waals surface area contributed by atoms with Gasteiger partial charge in [-0.3, -0.25) is 9.89 Å². The Kier molecular flexibility index (Phi) is 3.02. The number of aromatic amines is 1. The number of thiophene rings is 1. The first-order valence-corrected chi connectivity index (χ1v) is 5.66. The summed E-state index contributed by atoms with van der Waals surface area (Å²) in [5.41, 5.74) is 6.69. The Morgan fingerprint density at radius 1 is 1.69 bits per heavy atom. The van der Waals surface area contributed by atoms with E-state index in [1.54, 1.807) is 6.20 Å². The van der Waals surface area contributed by atoms with Crippen molar-refractivity contribution in [1.29, 1.82) is 0 Å². The molecule has 16 heavy (non-hydrogen) atoms. The van der Waals surface area contributed by atoms with Crippen LogP contribution >= 0.6 is 11.3 Å². The number of anilines is 1. The first-order chi connectivity index (χ1) is 7.68. The van der Waals surface area contributed by atoms with Gasteiger partial charge in [-0.2, -0.15) is 5.10 Å². The number of carbonyl (C=O) groups is 1. The standard InChI is InChI=1S/C10H12N4OS/c1-6-5-12-14-9(6)13-10(15)8(11)7-3-2-4-16-7/h2-5,8H,11H2,1H3,(H2,12,13,14,15). The molecule has 2 aromatic heterocycles. The molecule has 0 bridgehead atoms. The van der Waals surface area contributed by atoms with E-state index in [0.29, 0.717) is 5.82 Å². The first kappa shape index (κ1) is 10.8. The van der Waals surface area contributed by atoms with Crippen molar-refractivity contribution in [2.24, 2.45) is 5.73 Å². The van der Waals surface area contributed by atoms with Crippen molar-refractivity contribution in [3.63, 3.8) is 0 Å². The molecule has 0 aliphatic heterocycles. The van der Waals surface area contributed by atoms with Crippen LogP contribution in [0, 0.1) is 6.92 Å². The lowest BCUT2D eigenvalue weighted by Crippen LogP contribution is -2.27. The molecule has 1 unspecified atom stereocenters. The average molecular weight is 236 g/mol. The monoisotopic (exact) mass is 236 g/mol. The molecule has 0 aromatic carbocycles. The molecule has 0 spiro atoms. The zero-order valence-electron chi connectivity index (χ0n) is 8.73. The van der Waals surface area contributed by atoms with Crippen LogP contribution in [-0.2, 0) is 4.79 Å². The normalized spacial score (nSPS) is 12.4. The van der Waals surface area contributed by atoms with Crippen molar-refractivity contribution in [1.82, 2.24) is 10.2 Å². The minimum Gasteiger partial charge on any atom is -0.316 e. The van der Waals surface area contributed by atoms with Crippen LogP contribution in [0.25, 0.3) is 0 Å². The van der Waals surface area contributed by atoms with E-state index in [-0.39, 0.29) is 5.91 Å². The van der Waals surface area contributed by atoms with Crippen molar-refractivity contribution in [2.75, 3.05) is 5.32 Å². The maximum atomic E-state index is 11.8.